The summed E-state index contributed by atoms with van der Waals surface area (Å²) >= 11 is 0. The standard InChI is InChI=1S/C36H30FN3O8/c1-19-13-22-18-38(25-15-21(37)7-10-24(25)40-31(42)11-12-32(40)43)36(44)39(22)26(14-19)33-29(46-3)17-30-34(35(33)47-4)27(41)16-28(48-30)20-5-8-23(45-2)9-6-20/h5-12,14-17,22,26H,13,18H2,1-4H3. The molecular weight excluding hydrogens is 621 g/mol. The first kappa shape index (κ1) is 30.7. The van der Waals surface area contributed by atoms with Crippen molar-refractivity contribution < 1.29 is 37.4 Å². The Hall–Kier alpha value is -5.91. The van der Waals surface area contributed by atoms with Gasteiger partial charge in [-0.25, -0.2) is 14.1 Å². The zero-order valence-electron chi connectivity index (χ0n) is 26.5. The van der Waals surface area contributed by atoms with Crippen LogP contribution < -0.4 is 29.4 Å². The molecule has 0 aliphatic carbocycles. The molecule has 7 rings (SSSR count). The first-order valence-corrected chi connectivity index (χ1v) is 15.1. The molecule has 0 spiro atoms. The lowest BCUT2D eigenvalue weighted by molar-refractivity contribution is -0.119. The number of fused-ring (bicyclic) bond motifs is 2. The number of hydrogen-bond donors (Lipinski definition) is 0. The minimum atomic E-state index is -0.759. The molecule has 0 N–H and O–H groups in total. The van der Waals surface area contributed by atoms with Gasteiger partial charge in [-0.2, -0.15) is 0 Å². The monoisotopic (exact) mass is 651 g/mol. The van der Waals surface area contributed by atoms with Crippen LogP contribution in [0, 0.1) is 5.82 Å². The average Bonchev–Trinajstić information content (AvgIpc) is 3.60. The number of hydrogen-bond acceptors (Lipinski definition) is 8. The topological polar surface area (TPSA) is 119 Å². The highest BCUT2D eigenvalue weighted by molar-refractivity contribution is 6.29. The van der Waals surface area contributed by atoms with Gasteiger partial charge in [0.25, 0.3) is 11.8 Å². The third-order valence-electron chi connectivity index (χ3n) is 8.89. The van der Waals surface area contributed by atoms with Gasteiger partial charge in [-0.3, -0.25) is 19.3 Å². The number of halogens is 1. The number of benzene rings is 3. The summed E-state index contributed by atoms with van der Waals surface area (Å²) in [5.41, 5.74) is 2.12. The summed E-state index contributed by atoms with van der Waals surface area (Å²) in [5, 5.41) is 0.174. The number of anilines is 2. The molecule has 12 heteroatoms. The summed E-state index contributed by atoms with van der Waals surface area (Å²) in [7, 11) is 4.47. The van der Waals surface area contributed by atoms with E-state index >= 15 is 0 Å². The molecule has 2 atom stereocenters. The summed E-state index contributed by atoms with van der Waals surface area (Å²) in [5.74, 6) is -0.320. The predicted molar refractivity (Wildman–Crippen MR) is 175 cm³/mol. The molecule has 4 aromatic rings. The van der Waals surface area contributed by atoms with Crippen molar-refractivity contribution in [2.75, 3.05) is 37.7 Å². The van der Waals surface area contributed by atoms with Crippen LogP contribution in [-0.4, -0.2) is 56.7 Å². The molecule has 4 heterocycles. The minimum absolute atomic E-state index is 0.0837. The maximum atomic E-state index is 14.7. The van der Waals surface area contributed by atoms with E-state index in [-0.39, 0.29) is 46.1 Å². The van der Waals surface area contributed by atoms with Gasteiger partial charge in [-0.05, 0) is 55.8 Å². The Labute approximate surface area is 274 Å². The molecule has 0 radical (unpaired) electrons. The summed E-state index contributed by atoms with van der Waals surface area (Å²) in [6, 6.07) is 12.0. The Bertz CT molecular complexity index is 2120. The lowest BCUT2D eigenvalue weighted by Crippen LogP contribution is -2.40. The molecule has 3 aromatic carbocycles. The van der Waals surface area contributed by atoms with E-state index in [9.17, 15) is 23.6 Å². The van der Waals surface area contributed by atoms with Crippen LogP contribution in [0.5, 0.6) is 17.2 Å². The second-order valence-corrected chi connectivity index (χ2v) is 11.7. The Balaban J connectivity index is 1.34. The highest BCUT2D eigenvalue weighted by atomic mass is 19.1. The van der Waals surface area contributed by atoms with Crippen LogP contribution in [0.15, 0.2) is 87.6 Å². The summed E-state index contributed by atoms with van der Waals surface area (Å²) in [4.78, 5) is 57.2. The fourth-order valence-electron chi connectivity index (χ4n) is 6.77. The van der Waals surface area contributed by atoms with Crippen LogP contribution in [-0.2, 0) is 9.59 Å². The number of methoxy groups -OCH3 is 3. The van der Waals surface area contributed by atoms with Gasteiger partial charge in [0.2, 0.25) is 0 Å². The van der Waals surface area contributed by atoms with Crippen molar-refractivity contribution in [3.05, 3.63) is 100 Å². The number of carbonyl (C=O) groups excluding carboxylic acids is 3. The molecule has 244 valence electrons. The third kappa shape index (κ3) is 4.88. The maximum absolute atomic E-state index is 14.7. The largest absolute Gasteiger partial charge is 0.497 e. The van der Waals surface area contributed by atoms with Gasteiger partial charge in [-0.15, -0.1) is 0 Å². The van der Waals surface area contributed by atoms with Crippen LogP contribution in [0.3, 0.4) is 0 Å². The minimum Gasteiger partial charge on any atom is -0.497 e. The number of amides is 4. The maximum Gasteiger partial charge on any atom is 0.325 e. The molecule has 1 fully saturated rings. The zero-order chi connectivity index (χ0) is 33.9. The van der Waals surface area contributed by atoms with Gasteiger partial charge in [0, 0.05) is 36.4 Å². The van der Waals surface area contributed by atoms with Crippen molar-refractivity contribution in [3.8, 4) is 28.6 Å². The summed E-state index contributed by atoms with van der Waals surface area (Å²) < 4.78 is 37.9. The second-order valence-electron chi connectivity index (χ2n) is 11.7. The van der Waals surface area contributed by atoms with E-state index in [2.05, 4.69) is 0 Å². The van der Waals surface area contributed by atoms with Crippen LogP contribution in [0.4, 0.5) is 20.6 Å². The molecule has 0 saturated carbocycles. The van der Waals surface area contributed by atoms with Crippen molar-refractivity contribution in [1.29, 1.82) is 0 Å². The van der Waals surface area contributed by atoms with Gasteiger partial charge < -0.3 is 23.5 Å². The van der Waals surface area contributed by atoms with Crippen LogP contribution >= 0.6 is 0 Å². The first-order valence-electron chi connectivity index (χ1n) is 15.1. The molecule has 48 heavy (non-hydrogen) atoms. The molecule has 0 bridgehead atoms. The summed E-state index contributed by atoms with van der Waals surface area (Å²) in [6.45, 7) is 2.08. The van der Waals surface area contributed by atoms with E-state index in [4.69, 9.17) is 18.6 Å². The van der Waals surface area contributed by atoms with Crippen LogP contribution in [0.25, 0.3) is 22.3 Å². The van der Waals surface area contributed by atoms with Crippen molar-refractivity contribution >= 4 is 40.2 Å². The van der Waals surface area contributed by atoms with E-state index in [1.54, 1.807) is 42.3 Å². The second kappa shape index (κ2) is 11.7. The predicted octanol–water partition coefficient (Wildman–Crippen LogP) is 5.76. The lowest BCUT2D eigenvalue weighted by Gasteiger charge is -2.36. The molecule has 4 amide bonds. The number of nitrogens with zero attached hydrogens (tertiary/aromatic N) is 3. The Morgan fingerprint density at radius 2 is 1.58 bits per heavy atom. The average molecular weight is 652 g/mol. The molecule has 1 aromatic heterocycles. The SMILES string of the molecule is COc1ccc(-c2cc(=O)c3c(OC)c(C4C=C(C)CC5CN(c6cc(F)ccc6N6C(=O)C=CC6=O)C(=O)N54)c(OC)cc3o2)cc1. The van der Waals surface area contributed by atoms with E-state index in [0.29, 0.717) is 34.8 Å². The number of rotatable bonds is 7. The molecule has 11 nitrogen and oxygen atoms in total. The highest BCUT2D eigenvalue weighted by Crippen LogP contribution is 2.48. The quantitative estimate of drug-likeness (QED) is 0.183. The van der Waals surface area contributed by atoms with Crippen LogP contribution in [0.2, 0.25) is 0 Å². The fraction of sp³-hybridized carbons (Fsp3) is 0.222. The number of urea groups is 1. The molecule has 2 unspecified atom stereocenters. The fourth-order valence-corrected chi connectivity index (χ4v) is 6.77. The Morgan fingerprint density at radius 1 is 0.854 bits per heavy atom. The van der Waals surface area contributed by atoms with E-state index < -0.39 is 29.7 Å². The van der Waals surface area contributed by atoms with E-state index in [0.717, 1.165) is 34.8 Å². The number of imide groups is 1. The summed E-state index contributed by atoms with van der Waals surface area (Å²) in [6.07, 6.45) is 4.67. The Kier molecular flexibility index (Phi) is 7.50. The normalized spacial score (nSPS) is 18.9. The van der Waals surface area contributed by atoms with Gasteiger partial charge in [0.1, 0.15) is 39.8 Å². The van der Waals surface area contributed by atoms with Gasteiger partial charge >= 0.3 is 6.03 Å². The van der Waals surface area contributed by atoms with E-state index in [1.165, 1.54) is 31.3 Å². The number of ether oxygens (including phenoxy) is 3. The molecular formula is C36H30FN3O8. The Morgan fingerprint density at radius 3 is 2.25 bits per heavy atom. The van der Waals surface area contributed by atoms with Gasteiger partial charge in [0.05, 0.1) is 50.4 Å². The molecule has 3 aliphatic rings. The van der Waals surface area contributed by atoms with Crippen molar-refractivity contribution in [3.63, 3.8) is 0 Å². The zero-order valence-corrected chi connectivity index (χ0v) is 26.5. The number of carbonyl (C=O) groups is 3. The third-order valence-corrected chi connectivity index (χ3v) is 8.89. The van der Waals surface area contributed by atoms with Crippen molar-refractivity contribution in [2.45, 2.75) is 25.4 Å². The highest BCUT2D eigenvalue weighted by Gasteiger charge is 2.47. The molecule has 1 saturated heterocycles. The van der Waals surface area contributed by atoms with Crippen molar-refractivity contribution in [1.82, 2.24) is 4.90 Å². The van der Waals surface area contributed by atoms with Gasteiger partial charge in [0.15, 0.2) is 5.43 Å². The first-order chi connectivity index (χ1) is 23.1. The lowest BCUT2D eigenvalue weighted by atomic mass is 9.91. The van der Waals surface area contributed by atoms with Crippen molar-refractivity contribution in [2.24, 2.45) is 0 Å². The smallest absolute Gasteiger partial charge is 0.325 e. The van der Waals surface area contributed by atoms with Crippen LogP contribution in [0.1, 0.15) is 24.9 Å². The van der Waals surface area contributed by atoms with Gasteiger partial charge in [-0.1, -0.05) is 11.6 Å². The van der Waals surface area contributed by atoms with E-state index in [1.807, 2.05) is 13.0 Å². The molecule has 3 aliphatic heterocycles.